The van der Waals surface area contributed by atoms with Crippen LogP contribution in [0.15, 0.2) is 36.4 Å². The fourth-order valence-electron chi connectivity index (χ4n) is 2.24. The molecule has 0 aliphatic heterocycles. The van der Waals surface area contributed by atoms with Crippen molar-refractivity contribution in [2.24, 2.45) is 0 Å². The number of benzene rings is 1. The Morgan fingerprint density at radius 3 is 2.94 bits per heavy atom. The lowest BCUT2D eigenvalue weighted by Gasteiger charge is -2.19. The molecular weight excluding hydrogens is 210 g/mol. The first-order valence-electron chi connectivity index (χ1n) is 6.46. The van der Waals surface area contributed by atoms with Crippen LogP contribution in [0.2, 0.25) is 0 Å². The van der Waals surface area contributed by atoms with Crippen LogP contribution in [0.4, 0.5) is 5.69 Å². The number of ether oxygens (including phenoxy) is 1. The highest BCUT2D eigenvalue weighted by atomic mass is 16.5. The van der Waals surface area contributed by atoms with Crippen molar-refractivity contribution in [1.82, 2.24) is 0 Å². The molecule has 0 fully saturated rings. The molecule has 1 N–H and O–H groups in total. The van der Waals surface area contributed by atoms with Crippen molar-refractivity contribution in [2.75, 3.05) is 12.4 Å². The van der Waals surface area contributed by atoms with E-state index in [1.54, 1.807) is 7.11 Å². The Hall–Kier alpha value is -1.44. The molecule has 0 saturated heterocycles. The van der Waals surface area contributed by atoms with Crippen LogP contribution in [0, 0.1) is 0 Å². The molecule has 0 radical (unpaired) electrons. The number of nitrogens with one attached hydrogen (secondary N) is 1. The Kier molecular flexibility index (Phi) is 4.48. The second-order valence-electron chi connectivity index (χ2n) is 4.52. The van der Waals surface area contributed by atoms with Gasteiger partial charge in [0.25, 0.3) is 0 Å². The molecule has 1 aliphatic rings. The Balaban J connectivity index is 2.05. The molecule has 1 unspecified atom stereocenters. The van der Waals surface area contributed by atoms with Gasteiger partial charge in [-0.2, -0.15) is 0 Å². The zero-order valence-corrected chi connectivity index (χ0v) is 10.5. The van der Waals surface area contributed by atoms with Crippen molar-refractivity contribution in [3.05, 3.63) is 36.4 Å². The van der Waals surface area contributed by atoms with E-state index in [0.717, 1.165) is 11.4 Å². The third-order valence-electron chi connectivity index (χ3n) is 3.20. The summed E-state index contributed by atoms with van der Waals surface area (Å²) in [5.74, 6) is 0.919. The molecule has 2 nitrogen and oxygen atoms in total. The van der Waals surface area contributed by atoms with Crippen molar-refractivity contribution >= 4 is 5.69 Å². The molecule has 17 heavy (non-hydrogen) atoms. The highest BCUT2D eigenvalue weighted by molar-refractivity contribution is 5.57. The lowest BCUT2D eigenvalue weighted by Crippen LogP contribution is -2.17. The van der Waals surface area contributed by atoms with Crippen molar-refractivity contribution in [2.45, 2.75) is 38.1 Å². The summed E-state index contributed by atoms with van der Waals surface area (Å²) < 4.78 is 5.36. The third kappa shape index (κ3) is 3.52. The maximum Gasteiger partial charge on any atom is 0.141 e. The van der Waals surface area contributed by atoms with Gasteiger partial charge in [-0.05, 0) is 31.4 Å². The van der Waals surface area contributed by atoms with Gasteiger partial charge in [-0.3, -0.25) is 0 Å². The molecule has 0 heterocycles. The van der Waals surface area contributed by atoms with Gasteiger partial charge in [-0.25, -0.2) is 0 Å². The molecule has 2 heteroatoms. The van der Waals surface area contributed by atoms with Crippen LogP contribution in [0.3, 0.4) is 0 Å². The topological polar surface area (TPSA) is 21.3 Å². The van der Waals surface area contributed by atoms with Crippen LogP contribution in [0.25, 0.3) is 0 Å². The summed E-state index contributed by atoms with van der Waals surface area (Å²) in [5.41, 5.74) is 1.09. The normalized spacial score (nSPS) is 22.3. The van der Waals surface area contributed by atoms with Gasteiger partial charge >= 0.3 is 0 Å². The van der Waals surface area contributed by atoms with Crippen LogP contribution in [0.1, 0.15) is 32.1 Å². The molecule has 1 atom stereocenters. The summed E-state index contributed by atoms with van der Waals surface area (Å²) in [7, 11) is 1.72. The van der Waals surface area contributed by atoms with E-state index in [4.69, 9.17) is 4.74 Å². The second-order valence-corrected chi connectivity index (χ2v) is 4.52. The predicted molar refractivity (Wildman–Crippen MR) is 72.6 cm³/mol. The molecular formula is C15H21NO. The average Bonchev–Trinajstić information content (AvgIpc) is 2.33. The van der Waals surface area contributed by atoms with Gasteiger partial charge in [0.15, 0.2) is 0 Å². The van der Waals surface area contributed by atoms with Crippen molar-refractivity contribution in [1.29, 1.82) is 0 Å². The highest BCUT2D eigenvalue weighted by Gasteiger charge is 2.09. The largest absolute Gasteiger partial charge is 0.495 e. The minimum absolute atomic E-state index is 0.437. The molecule has 0 aromatic heterocycles. The molecule has 1 aromatic carbocycles. The molecule has 0 saturated carbocycles. The predicted octanol–water partition coefficient (Wildman–Crippen LogP) is 4.00. The summed E-state index contributed by atoms with van der Waals surface area (Å²) in [4.78, 5) is 0. The number of para-hydroxylation sites is 2. The van der Waals surface area contributed by atoms with E-state index < -0.39 is 0 Å². The van der Waals surface area contributed by atoms with Gasteiger partial charge in [0.1, 0.15) is 5.75 Å². The van der Waals surface area contributed by atoms with E-state index in [-0.39, 0.29) is 0 Å². The monoisotopic (exact) mass is 231 g/mol. The zero-order valence-electron chi connectivity index (χ0n) is 10.5. The number of anilines is 1. The first-order valence-corrected chi connectivity index (χ1v) is 6.46. The molecule has 92 valence electrons. The fourth-order valence-corrected chi connectivity index (χ4v) is 2.24. The summed E-state index contributed by atoms with van der Waals surface area (Å²) in [5, 5.41) is 3.56. The van der Waals surface area contributed by atoms with Crippen LogP contribution < -0.4 is 10.1 Å². The average molecular weight is 231 g/mol. The lowest BCUT2D eigenvalue weighted by molar-refractivity contribution is 0.416. The maximum atomic E-state index is 5.36. The molecule has 2 rings (SSSR count). The van der Waals surface area contributed by atoms with Gasteiger partial charge in [0.2, 0.25) is 0 Å². The molecule has 0 bridgehead atoms. The lowest BCUT2D eigenvalue weighted by atomic mass is 10.0. The van der Waals surface area contributed by atoms with E-state index in [9.17, 15) is 0 Å². The van der Waals surface area contributed by atoms with Crippen molar-refractivity contribution in [3.8, 4) is 5.75 Å². The quantitative estimate of drug-likeness (QED) is 0.794. The Morgan fingerprint density at radius 2 is 2.06 bits per heavy atom. The van der Waals surface area contributed by atoms with Crippen LogP contribution in [-0.4, -0.2) is 13.2 Å². The zero-order chi connectivity index (χ0) is 11.9. The number of hydrogen-bond donors (Lipinski definition) is 1. The van der Waals surface area contributed by atoms with E-state index in [1.807, 2.05) is 18.2 Å². The Labute approximate surface area is 104 Å². The van der Waals surface area contributed by atoms with Crippen LogP contribution in [-0.2, 0) is 0 Å². The second kappa shape index (κ2) is 6.33. The SMILES string of the molecule is COc1ccccc1NC1/C=C\CCCCC1. The minimum atomic E-state index is 0.437. The fraction of sp³-hybridized carbons (Fsp3) is 0.467. The van der Waals surface area contributed by atoms with Crippen LogP contribution in [0.5, 0.6) is 5.75 Å². The summed E-state index contributed by atoms with van der Waals surface area (Å²) in [6, 6.07) is 8.54. The molecule has 1 aliphatic carbocycles. The molecule has 0 spiro atoms. The summed E-state index contributed by atoms with van der Waals surface area (Å²) >= 11 is 0. The first-order chi connectivity index (χ1) is 8.40. The standard InChI is InChI=1S/C15H21NO/c1-17-15-12-8-7-11-14(15)16-13-9-5-3-2-4-6-10-13/h5,7-9,11-13,16H,2-4,6,10H2,1H3/b9-5-. The van der Waals surface area contributed by atoms with Crippen molar-refractivity contribution in [3.63, 3.8) is 0 Å². The maximum absolute atomic E-state index is 5.36. The number of methoxy groups -OCH3 is 1. The van der Waals surface area contributed by atoms with Gasteiger partial charge in [-0.15, -0.1) is 0 Å². The van der Waals surface area contributed by atoms with Gasteiger partial charge in [-0.1, -0.05) is 37.1 Å². The summed E-state index contributed by atoms with van der Waals surface area (Å²) in [6.45, 7) is 0. The number of rotatable bonds is 3. The Morgan fingerprint density at radius 1 is 1.18 bits per heavy atom. The number of hydrogen-bond acceptors (Lipinski definition) is 2. The Bertz CT molecular complexity index is 373. The number of allylic oxidation sites excluding steroid dienone is 1. The third-order valence-corrected chi connectivity index (χ3v) is 3.20. The molecule has 1 aromatic rings. The molecule has 0 amide bonds. The van der Waals surface area contributed by atoms with E-state index in [1.165, 1.54) is 32.1 Å². The van der Waals surface area contributed by atoms with E-state index in [2.05, 4.69) is 23.5 Å². The smallest absolute Gasteiger partial charge is 0.141 e. The highest BCUT2D eigenvalue weighted by Crippen LogP contribution is 2.25. The first kappa shape index (κ1) is 12.0. The van der Waals surface area contributed by atoms with Gasteiger partial charge in [0.05, 0.1) is 12.8 Å². The minimum Gasteiger partial charge on any atom is -0.495 e. The summed E-state index contributed by atoms with van der Waals surface area (Å²) in [6.07, 6.45) is 11.0. The van der Waals surface area contributed by atoms with E-state index in [0.29, 0.717) is 6.04 Å². The van der Waals surface area contributed by atoms with Crippen LogP contribution >= 0.6 is 0 Å². The van der Waals surface area contributed by atoms with Gasteiger partial charge < -0.3 is 10.1 Å². The van der Waals surface area contributed by atoms with E-state index >= 15 is 0 Å². The van der Waals surface area contributed by atoms with Crippen molar-refractivity contribution < 1.29 is 4.74 Å². The van der Waals surface area contributed by atoms with Gasteiger partial charge in [0, 0.05) is 6.04 Å².